The predicted molar refractivity (Wildman–Crippen MR) is 85.2 cm³/mol. The molecule has 1 aromatic rings. The average Bonchev–Trinajstić information content (AvgIpc) is 2.90. The summed E-state index contributed by atoms with van der Waals surface area (Å²) in [4.78, 5) is 37.1. The molecular weight excluding hydrogens is 296 g/mol. The molecule has 1 aliphatic heterocycles. The smallest absolute Gasteiger partial charge is 0.329 e. The highest BCUT2D eigenvalue weighted by molar-refractivity contribution is 5.97. The molecule has 1 heterocycles. The maximum absolute atomic E-state index is 12.3. The van der Waals surface area contributed by atoms with Crippen LogP contribution < -0.4 is 5.32 Å². The predicted octanol–water partition coefficient (Wildman–Crippen LogP) is 1.50. The van der Waals surface area contributed by atoms with Gasteiger partial charge in [0.1, 0.15) is 5.54 Å². The zero-order valence-electron chi connectivity index (χ0n) is 13.7. The Morgan fingerprint density at radius 2 is 1.96 bits per heavy atom. The first-order valence-electron chi connectivity index (χ1n) is 7.65. The van der Waals surface area contributed by atoms with Crippen molar-refractivity contribution in [2.24, 2.45) is 0 Å². The van der Waals surface area contributed by atoms with Gasteiger partial charge >= 0.3 is 5.97 Å². The lowest BCUT2D eigenvalue weighted by molar-refractivity contribution is -0.154. The van der Waals surface area contributed by atoms with Crippen LogP contribution in [0, 0.1) is 13.8 Å². The Morgan fingerprint density at radius 3 is 2.57 bits per heavy atom. The van der Waals surface area contributed by atoms with E-state index in [1.165, 1.54) is 4.90 Å². The highest BCUT2D eigenvalue weighted by Gasteiger charge is 2.45. The molecule has 0 spiro atoms. The molecule has 124 valence electrons. The van der Waals surface area contributed by atoms with Crippen molar-refractivity contribution >= 4 is 17.8 Å². The van der Waals surface area contributed by atoms with Gasteiger partial charge in [-0.3, -0.25) is 9.59 Å². The molecule has 1 aliphatic rings. The quantitative estimate of drug-likeness (QED) is 0.881. The molecule has 0 bridgehead atoms. The minimum absolute atomic E-state index is 0.200. The number of carbonyl (C=O) groups is 3. The number of rotatable bonds is 4. The Kier molecular flexibility index (Phi) is 4.73. The Balaban J connectivity index is 2.00. The van der Waals surface area contributed by atoms with Crippen LogP contribution in [-0.2, 0) is 9.59 Å². The van der Waals surface area contributed by atoms with Crippen molar-refractivity contribution in [2.75, 3.05) is 13.1 Å². The molecule has 2 rings (SSSR count). The summed E-state index contributed by atoms with van der Waals surface area (Å²) >= 11 is 0. The van der Waals surface area contributed by atoms with Gasteiger partial charge in [-0.1, -0.05) is 6.07 Å². The highest BCUT2D eigenvalue weighted by atomic mass is 16.4. The number of nitrogens with zero attached hydrogens (tertiary/aromatic N) is 1. The summed E-state index contributed by atoms with van der Waals surface area (Å²) in [5.74, 6) is -1.72. The summed E-state index contributed by atoms with van der Waals surface area (Å²) in [6.07, 6.45) is 1.08. The van der Waals surface area contributed by atoms with Crippen molar-refractivity contribution in [1.82, 2.24) is 10.2 Å². The van der Waals surface area contributed by atoms with E-state index in [1.807, 2.05) is 19.9 Å². The summed E-state index contributed by atoms with van der Waals surface area (Å²) in [5, 5.41) is 11.9. The van der Waals surface area contributed by atoms with Crippen molar-refractivity contribution in [3.8, 4) is 0 Å². The highest BCUT2D eigenvalue weighted by Crippen LogP contribution is 2.29. The molecule has 1 aromatic carbocycles. The summed E-state index contributed by atoms with van der Waals surface area (Å²) < 4.78 is 0. The lowest BCUT2D eigenvalue weighted by Gasteiger charge is -2.31. The minimum atomic E-state index is -1.18. The lowest BCUT2D eigenvalue weighted by Crippen LogP contribution is -2.53. The summed E-state index contributed by atoms with van der Waals surface area (Å²) in [6.45, 7) is 5.63. The summed E-state index contributed by atoms with van der Waals surface area (Å²) in [6, 6.07) is 5.33. The van der Waals surface area contributed by atoms with Crippen LogP contribution in [-0.4, -0.2) is 46.4 Å². The number of hydrogen-bond donors (Lipinski definition) is 2. The zero-order chi connectivity index (χ0) is 17.2. The topological polar surface area (TPSA) is 86.7 Å². The van der Waals surface area contributed by atoms with Crippen LogP contribution in [0.4, 0.5) is 0 Å². The molecule has 1 atom stereocenters. The maximum atomic E-state index is 12.3. The van der Waals surface area contributed by atoms with Crippen LogP contribution in [0.5, 0.6) is 0 Å². The number of aliphatic carboxylic acids is 1. The number of likely N-dealkylation sites (tertiary alicyclic amines) is 1. The number of carboxylic acids is 1. The number of aryl methyl sites for hydroxylation is 2. The number of nitrogens with one attached hydrogen (secondary N) is 1. The monoisotopic (exact) mass is 318 g/mol. The van der Waals surface area contributed by atoms with Crippen molar-refractivity contribution in [3.63, 3.8) is 0 Å². The van der Waals surface area contributed by atoms with E-state index < -0.39 is 11.5 Å². The van der Waals surface area contributed by atoms with Gasteiger partial charge in [0.2, 0.25) is 5.91 Å². The van der Waals surface area contributed by atoms with Crippen LogP contribution in [0.3, 0.4) is 0 Å². The lowest BCUT2D eigenvalue weighted by atomic mass is 9.99. The normalized spacial score (nSPS) is 20.4. The first-order valence-corrected chi connectivity index (χ1v) is 7.65. The van der Waals surface area contributed by atoms with Crippen molar-refractivity contribution in [3.05, 3.63) is 34.9 Å². The Hall–Kier alpha value is -2.37. The first-order chi connectivity index (χ1) is 10.8. The number of benzene rings is 1. The second kappa shape index (κ2) is 6.40. The molecular formula is C17H22N2O4. The fourth-order valence-corrected chi connectivity index (χ4v) is 2.82. The second-order valence-electron chi connectivity index (χ2n) is 6.21. The van der Waals surface area contributed by atoms with E-state index in [0.717, 1.165) is 11.1 Å². The molecule has 0 aliphatic carbocycles. The Bertz CT molecular complexity index is 656. The molecule has 0 saturated carbocycles. The Labute approximate surface area is 135 Å². The van der Waals surface area contributed by atoms with Crippen LogP contribution in [0.15, 0.2) is 18.2 Å². The summed E-state index contributed by atoms with van der Waals surface area (Å²) in [5.41, 5.74) is 1.40. The van der Waals surface area contributed by atoms with Gasteiger partial charge in [0, 0.05) is 12.1 Å². The zero-order valence-corrected chi connectivity index (χ0v) is 13.7. The largest absolute Gasteiger partial charge is 0.480 e. The molecule has 1 fully saturated rings. The van der Waals surface area contributed by atoms with Gasteiger partial charge in [-0.15, -0.1) is 0 Å². The van der Waals surface area contributed by atoms with Crippen LogP contribution in [0.25, 0.3) is 0 Å². The maximum Gasteiger partial charge on any atom is 0.329 e. The van der Waals surface area contributed by atoms with Crippen LogP contribution in [0.1, 0.15) is 41.3 Å². The van der Waals surface area contributed by atoms with E-state index in [-0.39, 0.29) is 18.4 Å². The van der Waals surface area contributed by atoms with E-state index >= 15 is 0 Å². The standard InChI is InChI=1S/C17H22N2O4/c1-11-5-6-13(9-12(11)2)15(21)18-10-14(20)19-8-4-7-17(19,3)16(22)23/h5-6,9H,4,7-8,10H2,1-3H3,(H,18,21)(H,22,23). The van der Waals surface area contributed by atoms with E-state index in [2.05, 4.69) is 5.32 Å². The minimum Gasteiger partial charge on any atom is -0.480 e. The third-order valence-electron chi connectivity index (χ3n) is 4.57. The van der Waals surface area contributed by atoms with E-state index in [4.69, 9.17) is 0 Å². The second-order valence-corrected chi connectivity index (χ2v) is 6.21. The van der Waals surface area contributed by atoms with Gasteiger partial charge < -0.3 is 15.3 Å². The van der Waals surface area contributed by atoms with Gasteiger partial charge in [-0.2, -0.15) is 0 Å². The number of amides is 2. The van der Waals surface area contributed by atoms with Gasteiger partial charge in [-0.05, 0) is 56.9 Å². The third kappa shape index (κ3) is 3.36. The molecule has 2 amide bonds. The number of hydrogen-bond acceptors (Lipinski definition) is 3. The van der Waals surface area contributed by atoms with Crippen molar-refractivity contribution in [1.29, 1.82) is 0 Å². The van der Waals surface area contributed by atoms with E-state index in [0.29, 0.717) is 24.9 Å². The van der Waals surface area contributed by atoms with Crippen LogP contribution >= 0.6 is 0 Å². The van der Waals surface area contributed by atoms with Gasteiger partial charge in [0.25, 0.3) is 5.91 Å². The number of carbonyl (C=O) groups excluding carboxylic acids is 2. The fraction of sp³-hybridized carbons (Fsp3) is 0.471. The van der Waals surface area contributed by atoms with E-state index in [9.17, 15) is 19.5 Å². The molecule has 1 saturated heterocycles. The molecule has 6 heteroatoms. The summed E-state index contributed by atoms with van der Waals surface area (Å²) in [7, 11) is 0. The molecule has 1 unspecified atom stereocenters. The first kappa shape index (κ1) is 17.0. The van der Waals surface area contributed by atoms with Gasteiger partial charge in [-0.25, -0.2) is 4.79 Å². The van der Waals surface area contributed by atoms with E-state index in [1.54, 1.807) is 19.1 Å². The molecule has 0 aromatic heterocycles. The van der Waals surface area contributed by atoms with Crippen LogP contribution in [0.2, 0.25) is 0 Å². The SMILES string of the molecule is Cc1ccc(C(=O)NCC(=O)N2CCCC2(C)C(=O)O)cc1C. The van der Waals surface area contributed by atoms with Gasteiger partial charge in [0.05, 0.1) is 6.54 Å². The average molecular weight is 318 g/mol. The van der Waals surface area contributed by atoms with Gasteiger partial charge in [0.15, 0.2) is 0 Å². The molecule has 0 radical (unpaired) electrons. The number of carboxylic acid groups (broad SMARTS) is 1. The van der Waals surface area contributed by atoms with Crippen molar-refractivity contribution < 1.29 is 19.5 Å². The van der Waals surface area contributed by atoms with Crippen molar-refractivity contribution in [2.45, 2.75) is 39.2 Å². The third-order valence-corrected chi connectivity index (χ3v) is 4.57. The fourth-order valence-electron chi connectivity index (χ4n) is 2.82. The Morgan fingerprint density at radius 1 is 1.26 bits per heavy atom. The molecule has 23 heavy (non-hydrogen) atoms. The molecule has 6 nitrogen and oxygen atoms in total. The molecule has 2 N–H and O–H groups in total.